The second-order valence-corrected chi connectivity index (χ2v) is 3.76. The van der Waals surface area contributed by atoms with Crippen LogP contribution in [0.2, 0.25) is 5.02 Å². The van der Waals surface area contributed by atoms with Crippen molar-refractivity contribution in [2.75, 3.05) is 0 Å². The first-order valence-electron chi connectivity index (χ1n) is 4.81. The zero-order chi connectivity index (χ0) is 11.4. The SMILES string of the molecule is CCCC(C(=O)NN)n1cc(Cl)c(C)n1. The average Bonchev–Trinajstić information content (AvgIpc) is 2.54. The van der Waals surface area contributed by atoms with Gasteiger partial charge in [0.15, 0.2) is 0 Å². The van der Waals surface area contributed by atoms with Crippen LogP contribution in [-0.4, -0.2) is 15.7 Å². The molecule has 1 aromatic heterocycles. The molecule has 0 saturated heterocycles. The van der Waals surface area contributed by atoms with E-state index in [2.05, 4.69) is 10.5 Å². The number of hydrogen-bond donors (Lipinski definition) is 2. The van der Waals surface area contributed by atoms with E-state index in [0.29, 0.717) is 17.1 Å². The highest BCUT2D eigenvalue weighted by Crippen LogP contribution is 2.19. The number of amides is 1. The highest BCUT2D eigenvalue weighted by atomic mass is 35.5. The van der Waals surface area contributed by atoms with Crippen LogP contribution in [-0.2, 0) is 4.79 Å². The van der Waals surface area contributed by atoms with E-state index in [1.165, 1.54) is 0 Å². The van der Waals surface area contributed by atoms with Gasteiger partial charge >= 0.3 is 0 Å². The van der Waals surface area contributed by atoms with Gasteiger partial charge in [-0.05, 0) is 13.3 Å². The summed E-state index contributed by atoms with van der Waals surface area (Å²) in [6, 6.07) is -0.383. The molecule has 0 radical (unpaired) electrons. The molecule has 0 aromatic carbocycles. The third-order valence-corrected chi connectivity index (χ3v) is 2.55. The van der Waals surface area contributed by atoms with Gasteiger partial charge in [-0.25, -0.2) is 5.84 Å². The lowest BCUT2D eigenvalue weighted by molar-refractivity contribution is -0.124. The van der Waals surface area contributed by atoms with Crippen LogP contribution < -0.4 is 11.3 Å². The summed E-state index contributed by atoms with van der Waals surface area (Å²) in [5.41, 5.74) is 2.84. The maximum absolute atomic E-state index is 11.5. The Morgan fingerprint density at radius 1 is 1.80 bits per heavy atom. The van der Waals surface area contributed by atoms with E-state index in [0.717, 1.165) is 6.42 Å². The minimum absolute atomic E-state index is 0.254. The predicted molar refractivity (Wildman–Crippen MR) is 58.2 cm³/mol. The maximum Gasteiger partial charge on any atom is 0.258 e. The van der Waals surface area contributed by atoms with Crippen LogP contribution in [0, 0.1) is 6.92 Å². The molecule has 1 heterocycles. The number of rotatable bonds is 4. The number of hydrogen-bond acceptors (Lipinski definition) is 3. The number of nitrogens with one attached hydrogen (secondary N) is 1. The van der Waals surface area contributed by atoms with Crippen molar-refractivity contribution in [2.45, 2.75) is 32.7 Å². The van der Waals surface area contributed by atoms with Gasteiger partial charge in [0.2, 0.25) is 0 Å². The third-order valence-electron chi connectivity index (χ3n) is 2.18. The molecular formula is C9H15ClN4O. The molecule has 0 aliphatic rings. The number of halogens is 1. The first kappa shape index (κ1) is 12.0. The zero-order valence-corrected chi connectivity index (χ0v) is 9.58. The van der Waals surface area contributed by atoms with E-state index >= 15 is 0 Å². The van der Waals surface area contributed by atoms with Gasteiger partial charge in [0.1, 0.15) is 6.04 Å². The van der Waals surface area contributed by atoms with E-state index in [9.17, 15) is 4.79 Å². The molecule has 1 rings (SSSR count). The molecule has 0 aliphatic carbocycles. The molecule has 1 aromatic rings. The number of nitrogens with zero attached hydrogens (tertiary/aromatic N) is 2. The van der Waals surface area contributed by atoms with Gasteiger partial charge in [-0.1, -0.05) is 24.9 Å². The molecule has 1 amide bonds. The Balaban J connectivity index is 2.93. The lowest BCUT2D eigenvalue weighted by Crippen LogP contribution is -2.37. The molecule has 0 spiro atoms. The topological polar surface area (TPSA) is 72.9 Å². The van der Waals surface area contributed by atoms with Crippen molar-refractivity contribution >= 4 is 17.5 Å². The van der Waals surface area contributed by atoms with Crippen molar-refractivity contribution in [2.24, 2.45) is 5.84 Å². The quantitative estimate of drug-likeness (QED) is 0.463. The summed E-state index contributed by atoms with van der Waals surface area (Å²) in [7, 11) is 0. The summed E-state index contributed by atoms with van der Waals surface area (Å²) >= 11 is 5.88. The second-order valence-electron chi connectivity index (χ2n) is 3.36. The van der Waals surface area contributed by atoms with Gasteiger partial charge < -0.3 is 0 Å². The first-order chi connectivity index (χ1) is 7.10. The summed E-state index contributed by atoms with van der Waals surface area (Å²) in [4.78, 5) is 11.5. The van der Waals surface area contributed by atoms with Crippen LogP contribution >= 0.6 is 11.6 Å². The smallest absolute Gasteiger partial charge is 0.258 e. The zero-order valence-electron chi connectivity index (χ0n) is 8.83. The molecule has 0 bridgehead atoms. The number of carbonyl (C=O) groups excluding carboxylic acids is 1. The summed E-state index contributed by atoms with van der Waals surface area (Å²) in [6.45, 7) is 3.79. The Labute approximate surface area is 93.6 Å². The van der Waals surface area contributed by atoms with Gasteiger partial charge in [0.05, 0.1) is 10.7 Å². The van der Waals surface area contributed by atoms with Gasteiger partial charge in [0.25, 0.3) is 5.91 Å². The standard InChI is InChI=1S/C9H15ClN4O/c1-3-4-8(9(15)12-11)14-5-7(10)6(2)13-14/h5,8H,3-4,11H2,1-2H3,(H,12,15). The molecule has 1 unspecified atom stereocenters. The van der Waals surface area contributed by atoms with E-state index in [4.69, 9.17) is 17.4 Å². The summed E-state index contributed by atoms with van der Waals surface area (Å²) in [5.74, 6) is 4.86. The minimum Gasteiger partial charge on any atom is -0.292 e. The molecule has 1 atom stereocenters. The lowest BCUT2D eigenvalue weighted by atomic mass is 10.1. The Kier molecular flexibility index (Phi) is 4.11. The van der Waals surface area contributed by atoms with E-state index in [1.54, 1.807) is 17.8 Å². The number of aryl methyl sites for hydroxylation is 1. The van der Waals surface area contributed by atoms with Crippen LogP contribution in [0.3, 0.4) is 0 Å². The molecule has 3 N–H and O–H groups in total. The molecule has 84 valence electrons. The fourth-order valence-corrected chi connectivity index (χ4v) is 1.51. The molecule has 0 saturated carbocycles. The second kappa shape index (κ2) is 5.14. The molecular weight excluding hydrogens is 216 g/mol. The monoisotopic (exact) mass is 230 g/mol. The fourth-order valence-electron chi connectivity index (χ4n) is 1.37. The van der Waals surface area contributed by atoms with Gasteiger partial charge in [-0.15, -0.1) is 0 Å². The highest BCUT2D eigenvalue weighted by Gasteiger charge is 2.20. The average molecular weight is 231 g/mol. The van der Waals surface area contributed by atoms with Gasteiger partial charge in [0, 0.05) is 6.20 Å². The molecule has 0 fully saturated rings. The maximum atomic E-state index is 11.5. The molecule has 0 aliphatic heterocycles. The van der Waals surface area contributed by atoms with Crippen molar-refractivity contribution in [1.82, 2.24) is 15.2 Å². The molecule has 5 nitrogen and oxygen atoms in total. The normalized spacial score (nSPS) is 12.5. The Bertz CT molecular complexity index is 330. The van der Waals surface area contributed by atoms with Gasteiger partial charge in [-0.3, -0.25) is 14.9 Å². The number of carbonyl (C=O) groups is 1. The van der Waals surface area contributed by atoms with Crippen LogP contribution in [0.15, 0.2) is 6.20 Å². The van der Waals surface area contributed by atoms with Crippen LogP contribution in [0.5, 0.6) is 0 Å². The van der Waals surface area contributed by atoms with Crippen LogP contribution in [0.25, 0.3) is 0 Å². The number of hydrazine groups is 1. The van der Waals surface area contributed by atoms with Crippen molar-refractivity contribution < 1.29 is 4.79 Å². The lowest BCUT2D eigenvalue weighted by Gasteiger charge is -2.14. The van der Waals surface area contributed by atoms with E-state index < -0.39 is 0 Å². The number of aromatic nitrogens is 2. The summed E-state index contributed by atoms with van der Waals surface area (Å²) in [5, 5.41) is 4.72. The van der Waals surface area contributed by atoms with Crippen LogP contribution in [0.4, 0.5) is 0 Å². The van der Waals surface area contributed by atoms with Gasteiger partial charge in [-0.2, -0.15) is 5.10 Å². The van der Waals surface area contributed by atoms with E-state index in [1.807, 2.05) is 6.92 Å². The predicted octanol–water partition coefficient (Wildman–Crippen LogP) is 1.18. The van der Waals surface area contributed by atoms with Crippen molar-refractivity contribution in [3.05, 3.63) is 16.9 Å². The fraction of sp³-hybridized carbons (Fsp3) is 0.556. The Hall–Kier alpha value is -1.07. The molecule has 15 heavy (non-hydrogen) atoms. The Morgan fingerprint density at radius 2 is 2.47 bits per heavy atom. The minimum atomic E-state index is -0.383. The first-order valence-corrected chi connectivity index (χ1v) is 5.19. The summed E-state index contributed by atoms with van der Waals surface area (Å²) < 4.78 is 1.56. The Morgan fingerprint density at radius 3 is 2.87 bits per heavy atom. The van der Waals surface area contributed by atoms with Crippen molar-refractivity contribution in [1.29, 1.82) is 0 Å². The highest BCUT2D eigenvalue weighted by molar-refractivity contribution is 6.31. The largest absolute Gasteiger partial charge is 0.292 e. The molecule has 6 heteroatoms. The third kappa shape index (κ3) is 2.70. The number of nitrogens with two attached hydrogens (primary N) is 1. The van der Waals surface area contributed by atoms with Crippen LogP contribution in [0.1, 0.15) is 31.5 Å². The summed E-state index contributed by atoms with van der Waals surface area (Å²) in [6.07, 6.45) is 3.20. The van der Waals surface area contributed by atoms with Crippen molar-refractivity contribution in [3.63, 3.8) is 0 Å². The van der Waals surface area contributed by atoms with Crippen molar-refractivity contribution in [3.8, 4) is 0 Å². The van der Waals surface area contributed by atoms with E-state index in [-0.39, 0.29) is 11.9 Å².